The third-order valence-corrected chi connectivity index (χ3v) is 6.82. The molecular formula is C31H24ClNOS. The highest BCUT2D eigenvalue weighted by atomic mass is 35.5. The first kappa shape index (κ1) is 23.1. The first-order valence-corrected chi connectivity index (χ1v) is 12.5. The SMILES string of the molecule is COc1ccccc1-c1cc(Sc2cccc(Cl)c2)cc(N(c2ccccc2)c2ccccc2)c1. The van der Waals surface area contributed by atoms with Gasteiger partial charge in [0, 0.05) is 37.4 Å². The van der Waals surface area contributed by atoms with Crippen LogP contribution in [0.3, 0.4) is 0 Å². The van der Waals surface area contributed by atoms with Gasteiger partial charge in [-0.05, 0) is 72.3 Å². The first-order valence-electron chi connectivity index (χ1n) is 11.3. The number of ether oxygens (including phenoxy) is 1. The van der Waals surface area contributed by atoms with Crippen LogP contribution in [0.2, 0.25) is 5.02 Å². The Morgan fingerprint density at radius 1 is 0.600 bits per heavy atom. The van der Waals surface area contributed by atoms with Crippen molar-refractivity contribution in [2.45, 2.75) is 9.79 Å². The minimum Gasteiger partial charge on any atom is -0.496 e. The van der Waals surface area contributed by atoms with Gasteiger partial charge in [0.2, 0.25) is 0 Å². The molecule has 0 aromatic heterocycles. The van der Waals surface area contributed by atoms with Crippen LogP contribution in [0.1, 0.15) is 0 Å². The van der Waals surface area contributed by atoms with Gasteiger partial charge in [0.05, 0.1) is 7.11 Å². The number of anilines is 3. The molecule has 0 fully saturated rings. The van der Waals surface area contributed by atoms with Crippen LogP contribution in [0.4, 0.5) is 17.1 Å². The van der Waals surface area contributed by atoms with Crippen molar-refractivity contribution in [1.82, 2.24) is 0 Å². The van der Waals surface area contributed by atoms with Gasteiger partial charge >= 0.3 is 0 Å². The van der Waals surface area contributed by atoms with Crippen molar-refractivity contribution in [3.05, 3.63) is 132 Å². The molecule has 0 aliphatic rings. The summed E-state index contributed by atoms with van der Waals surface area (Å²) < 4.78 is 5.71. The molecule has 0 aliphatic heterocycles. The summed E-state index contributed by atoms with van der Waals surface area (Å²) in [4.78, 5) is 4.48. The highest BCUT2D eigenvalue weighted by Crippen LogP contribution is 2.42. The van der Waals surface area contributed by atoms with Crippen molar-refractivity contribution < 1.29 is 4.74 Å². The van der Waals surface area contributed by atoms with Gasteiger partial charge in [-0.15, -0.1) is 0 Å². The standard InChI is InChI=1S/C31H24ClNOS/c1-34-31-18-9-8-17-30(31)23-19-27(22-29(20-23)35-28-16-10-11-24(32)21-28)33(25-12-4-2-5-13-25)26-14-6-3-7-15-26/h2-22H,1H3. The molecule has 172 valence electrons. The summed E-state index contributed by atoms with van der Waals surface area (Å²) in [5.74, 6) is 0.842. The van der Waals surface area contributed by atoms with Gasteiger partial charge in [-0.1, -0.05) is 84.0 Å². The first-order chi connectivity index (χ1) is 17.2. The van der Waals surface area contributed by atoms with Crippen molar-refractivity contribution in [2.75, 3.05) is 12.0 Å². The van der Waals surface area contributed by atoms with E-state index >= 15 is 0 Å². The predicted molar refractivity (Wildman–Crippen MR) is 149 cm³/mol. The highest BCUT2D eigenvalue weighted by Gasteiger charge is 2.16. The Kier molecular flexibility index (Phi) is 7.08. The molecular weight excluding hydrogens is 470 g/mol. The molecule has 0 bridgehead atoms. The van der Waals surface area contributed by atoms with Crippen molar-refractivity contribution in [1.29, 1.82) is 0 Å². The van der Waals surface area contributed by atoms with Crippen LogP contribution in [0, 0.1) is 0 Å². The van der Waals surface area contributed by atoms with E-state index in [2.05, 4.69) is 83.8 Å². The fourth-order valence-corrected chi connectivity index (χ4v) is 5.30. The molecule has 5 rings (SSSR count). The molecule has 0 N–H and O–H groups in total. The zero-order valence-corrected chi connectivity index (χ0v) is 20.8. The molecule has 0 unspecified atom stereocenters. The summed E-state index contributed by atoms with van der Waals surface area (Å²) in [5.41, 5.74) is 5.38. The molecule has 4 heteroatoms. The molecule has 35 heavy (non-hydrogen) atoms. The van der Waals surface area contributed by atoms with Gasteiger partial charge < -0.3 is 9.64 Å². The lowest BCUT2D eigenvalue weighted by atomic mass is 10.0. The summed E-state index contributed by atoms with van der Waals surface area (Å²) in [7, 11) is 1.71. The largest absolute Gasteiger partial charge is 0.496 e. The van der Waals surface area contributed by atoms with Gasteiger partial charge in [0.1, 0.15) is 5.75 Å². The quantitative estimate of drug-likeness (QED) is 0.224. The highest BCUT2D eigenvalue weighted by molar-refractivity contribution is 7.99. The maximum atomic E-state index is 6.28. The van der Waals surface area contributed by atoms with Gasteiger partial charge in [0.15, 0.2) is 0 Å². The average Bonchev–Trinajstić information content (AvgIpc) is 2.90. The van der Waals surface area contributed by atoms with E-state index in [9.17, 15) is 0 Å². The van der Waals surface area contributed by atoms with Crippen LogP contribution in [0.15, 0.2) is 137 Å². The van der Waals surface area contributed by atoms with E-state index < -0.39 is 0 Å². The van der Waals surface area contributed by atoms with Crippen molar-refractivity contribution in [2.24, 2.45) is 0 Å². The fraction of sp³-hybridized carbons (Fsp3) is 0.0323. The molecule has 5 aromatic carbocycles. The van der Waals surface area contributed by atoms with Gasteiger partial charge in [-0.25, -0.2) is 0 Å². The number of nitrogens with zero attached hydrogens (tertiary/aromatic N) is 1. The number of halogens is 1. The lowest BCUT2D eigenvalue weighted by Crippen LogP contribution is -2.10. The lowest BCUT2D eigenvalue weighted by Gasteiger charge is -2.26. The van der Waals surface area contributed by atoms with Gasteiger partial charge in [-0.3, -0.25) is 0 Å². The molecule has 0 saturated carbocycles. The maximum Gasteiger partial charge on any atom is 0.126 e. The van der Waals surface area contributed by atoms with Crippen LogP contribution >= 0.6 is 23.4 Å². The Bertz CT molecular complexity index is 1380. The minimum atomic E-state index is 0.728. The summed E-state index contributed by atoms with van der Waals surface area (Å²) in [5, 5.41) is 0.728. The number of para-hydroxylation sites is 3. The maximum absolute atomic E-state index is 6.28. The van der Waals surface area contributed by atoms with Crippen molar-refractivity contribution in [3.63, 3.8) is 0 Å². The molecule has 5 aromatic rings. The van der Waals surface area contributed by atoms with Crippen LogP contribution < -0.4 is 9.64 Å². The van der Waals surface area contributed by atoms with E-state index in [1.54, 1.807) is 18.9 Å². The second-order valence-electron chi connectivity index (χ2n) is 7.98. The summed E-state index contributed by atoms with van der Waals surface area (Å²) in [6, 6.07) is 43.6. The topological polar surface area (TPSA) is 12.5 Å². The molecule has 0 saturated heterocycles. The smallest absolute Gasteiger partial charge is 0.126 e. The average molecular weight is 494 g/mol. The van der Waals surface area contributed by atoms with Crippen LogP contribution in [-0.4, -0.2) is 7.11 Å². The third-order valence-electron chi connectivity index (χ3n) is 5.63. The van der Waals surface area contributed by atoms with Crippen LogP contribution in [0.5, 0.6) is 5.75 Å². The Balaban J connectivity index is 1.70. The van der Waals surface area contributed by atoms with E-state index in [1.165, 1.54) is 0 Å². The van der Waals surface area contributed by atoms with Gasteiger partial charge in [-0.2, -0.15) is 0 Å². The minimum absolute atomic E-state index is 0.728. The number of rotatable bonds is 7. The Morgan fingerprint density at radius 3 is 1.91 bits per heavy atom. The molecule has 0 spiro atoms. The van der Waals surface area contributed by atoms with E-state index in [4.69, 9.17) is 16.3 Å². The zero-order valence-electron chi connectivity index (χ0n) is 19.3. The number of hydrogen-bond acceptors (Lipinski definition) is 3. The van der Waals surface area contributed by atoms with E-state index in [1.807, 2.05) is 48.5 Å². The Morgan fingerprint density at radius 2 is 1.26 bits per heavy atom. The predicted octanol–water partition coefficient (Wildman–Crippen LogP) is 9.64. The number of hydrogen-bond donors (Lipinski definition) is 0. The summed E-state index contributed by atoms with van der Waals surface area (Å²) in [6.07, 6.45) is 0. The molecule has 0 radical (unpaired) electrons. The second kappa shape index (κ2) is 10.7. The van der Waals surface area contributed by atoms with Gasteiger partial charge in [0.25, 0.3) is 0 Å². The number of benzene rings is 5. The fourth-order valence-electron chi connectivity index (χ4n) is 4.08. The number of methoxy groups -OCH3 is 1. The summed E-state index contributed by atoms with van der Waals surface area (Å²) in [6.45, 7) is 0. The normalized spacial score (nSPS) is 10.7. The molecule has 0 amide bonds. The molecule has 0 atom stereocenters. The third kappa shape index (κ3) is 5.37. The lowest BCUT2D eigenvalue weighted by molar-refractivity contribution is 0.416. The van der Waals surface area contributed by atoms with Crippen molar-refractivity contribution in [3.8, 4) is 16.9 Å². The Hall–Kier alpha value is -3.66. The molecule has 0 aliphatic carbocycles. The van der Waals surface area contributed by atoms with E-state index in [0.717, 1.165) is 48.8 Å². The molecule has 0 heterocycles. The molecule has 2 nitrogen and oxygen atoms in total. The zero-order chi connectivity index (χ0) is 24.0. The van der Waals surface area contributed by atoms with Crippen molar-refractivity contribution >= 4 is 40.4 Å². The van der Waals surface area contributed by atoms with E-state index in [0.29, 0.717) is 0 Å². The monoisotopic (exact) mass is 493 g/mol. The van der Waals surface area contributed by atoms with E-state index in [-0.39, 0.29) is 0 Å². The summed E-state index contributed by atoms with van der Waals surface area (Å²) >= 11 is 7.98. The van der Waals surface area contributed by atoms with Crippen LogP contribution in [0.25, 0.3) is 11.1 Å². The Labute approximate surface area is 215 Å². The second-order valence-corrected chi connectivity index (χ2v) is 9.57. The van der Waals surface area contributed by atoms with Crippen LogP contribution in [-0.2, 0) is 0 Å².